The smallest absolute Gasteiger partial charge is 0.398 e. The number of hydrogen-bond donors (Lipinski definition) is 0. The molecule has 0 amide bonds. The zero-order chi connectivity index (χ0) is 14.4. The zero-order valence-electron chi connectivity index (χ0n) is 12.9. The molecule has 3 rings (SSSR count). The van der Waals surface area contributed by atoms with Crippen molar-refractivity contribution in [3.8, 4) is 0 Å². The molecule has 6 heteroatoms. The van der Waals surface area contributed by atoms with Crippen molar-refractivity contribution in [2.24, 2.45) is 0 Å². The van der Waals surface area contributed by atoms with Gasteiger partial charge in [-0.2, -0.15) is 0 Å². The van der Waals surface area contributed by atoms with Crippen molar-refractivity contribution >= 4 is 12.7 Å². The SMILES string of the molecule is CC1(C)OB(c2cn(C3CCCCC3)nn2)OC1(C)C. The van der Waals surface area contributed by atoms with Gasteiger partial charge in [-0.1, -0.05) is 24.5 Å². The van der Waals surface area contributed by atoms with Gasteiger partial charge < -0.3 is 9.31 Å². The van der Waals surface area contributed by atoms with Gasteiger partial charge in [-0.05, 0) is 40.5 Å². The Morgan fingerprint density at radius 2 is 1.70 bits per heavy atom. The molecule has 110 valence electrons. The molecule has 1 saturated carbocycles. The summed E-state index contributed by atoms with van der Waals surface area (Å²) in [5, 5.41) is 8.55. The summed E-state index contributed by atoms with van der Waals surface area (Å²) in [6, 6.07) is 0.493. The first-order chi connectivity index (χ1) is 9.39. The van der Waals surface area contributed by atoms with Crippen LogP contribution in [0.4, 0.5) is 0 Å². The van der Waals surface area contributed by atoms with E-state index in [0.717, 1.165) is 5.59 Å². The molecule has 20 heavy (non-hydrogen) atoms. The Labute approximate surface area is 121 Å². The van der Waals surface area contributed by atoms with E-state index in [0.29, 0.717) is 6.04 Å². The number of rotatable bonds is 2. The molecule has 0 radical (unpaired) electrons. The molecule has 0 unspecified atom stereocenters. The summed E-state index contributed by atoms with van der Waals surface area (Å²) in [6.45, 7) is 8.22. The summed E-state index contributed by atoms with van der Waals surface area (Å²) in [6.07, 6.45) is 8.32. The molecule has 1 aliphatic carbocycles. The van der Waals surface area contributed by atoms with E-state index in [1.165, 1.54) is 32.1 Å². The standard InChI is InChI=1S/C14H24BN3O2/c1-13(2)14(3,4)20-15(19-13)12-10-18(17-16-12)11-8-6-5-7-9-11/h10-11H,5-9H2,1-4H3. The number of nitrogens with zero attached hydrogens (tertiary/aromatic N) is 3. The third-order valence-electron chi connectivity index (χ3n) is 4.97. The maximum atomic E-state index is 6.01. The lowest BCUT2D eigenvalue weighted by Gasteiger charge is -2.32. The summed E-state index contributed by atoms with van der Waals surface area (Å²) >= 11 is 0. The van der Waals surface area contributed by atoms with Crippen LogP contribution in [-0.4, -0.2) is 33.3 Å². The average Bonchev–Trinajstić information content (AvgIpc) is 2.94. The van der Waals surface area contributed by atoms with Gasteiger partial charge in [-0.3, -0.25) is 0 Å². The lowest BCUT2D eigenvalue weighted by atomic mass is 9.85. The van der Waals surface area contributed by atoms with Gasteiger partial charge in [0.1, 0.15) is 5.59 Å². The second kappa shape index (κ2) is 4.84. The minimum atomic E-state index is -0.405. The van der Waals surface area contributed by atoms with Crippen LogP contribution in [0.1, 0.15) is 65.8 Å². The number of aromatic nitrogens is 3. The first-order valence-corrected chi connectivity index (χ1v) is 7.66. The van der Waals surface area contributed by atoms with Crippen molar-refractivity contribution in [1.29, 1.82) is 0 Å². The third-order valence-corrected chi connectivity index (χ3v) is 4.97. The molecule has 1 saturated heterocycles. The van der Waals surface area contributed by atoms with Gasteiger partial charge >= 0.3 is 7.12 Å². The lowest BCUT2D eigenvalue weighted by molar-refractivity contribution is 0.00578. The Kier molecular flexibility index (Phi) is 3.41. The molecule has 0 aromatic carbocycles. The van der Waals surface area contributed by atoms with E-state index >= 15 is 0 Å². The van der Waals surface area contributed by atoms with Crippen LogP contribution in [0.25, 0.3) is 0 Å². The van der Waals surface area contributed by atoms with E-state index in [9.17, 15) is 0 Å². The Bertz CT molecular complexity index is 465. The fraction of sp³-hybridized carbons (Fsp3) is 0.857. The lowest BCUT2D eigenvalue weighted by Crippen LogP contribution is -2.41. The highest BCUT2D eigenvalue weighted by Gasteiger charge is 2.52. The first kappa shape index (κ1) is 14.1. The molecule has 2 fully saturated rings. The van der Waals surface area contributed by atoms with E-state index in [1.54, 1.807) is 0 Å². The highest BCUT2D eigenvalue weighted by molar-refractivity contribution is 6.61. The number of hydrogen-bond acceptors (Lipinski definition) is 4. The van der Waals surface area contributed by atoms with Crippen LogP contribution in [0.2, 0.25) is 0 Å². The van der Waals surface area contributed by atoms with Crippen LogP contribution >= 0.6 is 0 Å². The summed E-state index contributed by atoms with van der Waals surface area (Å²) in [4.78, 5) is 0. The average molecular weight is 277 g/mol. The van der Waals surface area contributed by atoms with Crippen LogP contribution in [0.15, 0.2) is 6.20 Å². The largest absolute Gasteiger partial charge is 0.518 e. The fourth-order valence-corrected chi connectivity index (χ4v) is 2.89. The van der Waals surface area contributed by atoms with E-state index in [4.69, 9.17) is 9.31 Å². The molecule has 5 nitrogen and oxygen atoms in total. The van der Waals surface area contributed by atoms with Crippen LogP contribution in [0, 0.1) is 0 Å². The van der Waals surface area contributed by atoms with Crippen LogP contribution in [-0.2, 0) is 9.31 Å². The maximum absolute atomic E-state index is 6.01. The van der Waals surface area contributed by atoms with Gasteiger partial charge in [0.15, 0.2) is 0 Å². The molecule has 1 aromatic rings. The summed E-state index contributed by atoms with van der Waals surface area (Å²) in [5.74, 6) is 0. The molecule has 1 aliphatic heterocycles. The zero-order valence-corrected chi connectivity index (χ0v) is 12.9. The predicted molar refractivity (Wildman–Crippen MR) is 77.9 cm³/mol. The van der Waals surface area contributed by atoms with E-state index in [1.807, 2.05) is 10.9 Å². The second-order valence-electron chi connectivity index (χ2n) is 7.00. The van der Waals surface area contributed by atoms with E-state index in [2.05, 4.69) is 38.0 Å². The highest BCUT2D eigenvalue weighted by atomic mass is 16.7. The van der Waals surface area contributed by atoms with E-state index in [-0.39, 0.29) is 11.2 Å². The fourth-order valence-electron chi connectivity index (χ4n) is 2.89. The van der Waals surface area contributed by atoms with Gasteiger partial charge in [0.05, 0.1) is 17.2 Å². The van der Waals surface area contributed by atoms with Crippen molar-refractivity contribution < 1.29 is 9.31 Å². The molecule has 2 aliphatic rings. The minimum Gasteiger partial charge on any atom is -0.398 e. The van der Waals surface area contributed by atoms with Crippen LogP contribution < -0.4 is 5.59 Å². The Hall–Kier alpha value is -0.875. The van der Waals surface area contributed by atoms with Gasteiger partial charge in [0, 0.05) is 6.20 Å². The summed E-state index contributed by atoms with van der Waals surface area (Å²) in [7, 11) is -0.405. The Balaban J connectivity index is 1.74. The quantitative estimate of drug-likeness (QED) is 0.777. The second-order valence-corrected chi connectivity index (χ2v) is 7.00. The molecular weight excluding hydrogens is 253 g/mol. The van der Waals surface area contributed by atoms with Crippen molar-refractivity contribution in [3.05, 3.63) is 6.20 Å². The van der Waals surface area contributed by atoms with Gasteiger partial charge in [0.2, 0.25) is 0 Å². The van der Waals surface area contributed by atoms with E-state index < -0.39 is 7.12 Å². The summed E-state index contributed by atoms with van der Waals surface area (Å²) < 4.78 is 14.0. The highest BCUT2D eigenvalue weighted by Crippen LogP contribution is 2.36. The first-order valence-electron chi connectivity index (χ1n) is 7.66. The predicted octanol–water partition coefficient (Wildman–Crippen LogP) is 2.08. The van der Waals surface area contributed by atoms with Crippen LogP contribution in [0.3, 0.4) is 0 Å². The molecule has 0 spiro atoms. The Morgan fingerprint density at radius 3 is 2.30 bits per heavy atom. The third kappa shape index (κ3) is 2.39. The van der Waals surface area contributed by atoms with Crippen molar-refractivity contribution in [2.75, 3.05) is 0 Å². The molecule has 0 atom stereocenters. The summed E-state index contributed by atoms with van der Waals surface area (Å²) in [5.41, 5.74) is 0.132. The minimum absolute atomic E-state index is 0.327. The maximum Gasteiger partial charge on any atom is 0.518 e. The molecule has 2 heterocycles. The van der Waals surface area contributed by atoms with Crippen molar-refractivity contribution in [3.63, 3.8) is 0 Å². The monoisotopic (exact) mass is 277 g/mol. The van der Waals surface area contributed by atoms with Gasteiger partial charge in [0.25, 0.3) is 0 Å². The molecule has 0 N–H and O–H groups in total. The van der Waals surface area contributed by atoms with Crippen LogP contribution in [0.5, 0.6) is 0 Å². The topological polar surface area (TPSA) is 49.2 Å². The normalized spacial score (nSPS) is 26.1. The molecular formula is C14H24BN3O2. The van der Waals surface area contributed by atoms with Gasteiger partial charge in [-0.15, -0.1) is 5.10 Å². The van der Waals surface area contributed by atoms with Crippen molar-refractivity contribution in [2.45, 2.75) is 77.0 Å². The molecule has 0 bridgehead atoms. The van der Waals surface area contributed by atoms with Crippen molar-refractivity contribution in [1.82, 2.24) is 15.0 Å². The Morgan fingerprint density at radius 1 is 1.10 bits per heavy atom. The van der Waals surface area contributed by atoms with Gasteiger partial charge in [-0.25, -0.2) is 4.68 Å². The molecule has 1 aromatic heterocycles.